The van der Waals surface area contributed by atoms with Crippen molar-refractivity contribution in [2.24, 2.45) is 5.41 Å². The van der Waals surface area contributed by atoms with Crippen molar-refractivity contribution >= 4 is 10.9 Å². The SMILES string of the molecule is CC(C)(C)C1CCCCN1CC1Cn2c(=O)ccc3cccc1c32. The Balaban J connectivity index is 1.66. The Hall–Kier alpha value is -1.61. The van der Waals surface area contributed by atoms with E-state index in [1.54, 1.807) is 6.07 Å². The predicted octanol–water partition coefficient (Wildman–Crippen LogP) is 4.00. The lowest BCUT2D eigenvalue weighted by atomic mass is 9.80. The summed E-state index contributed by atoms with van der Waals surface area (Å²) in [5.41, 5.74) is 2.99. The van der Waals surface area contributed by atoms with Gasteiger partial charge in [-0.1, -0.05) is 45.4 Å². The van der Waals surface area contributed by atoms with Crippen molar-refractivity contribution in [3.8, 4) is 0 Å². The molecule has 2 atom stereocenters. The van der Waals surface area contributed by atoms with Gasteiger partial charge in [0.25, 0.3) is 5.56 Å². The van der Waals surface area contributed by atoms with Crippen molar-refractivity contribution in [2.45, 2.75) is 58.5 Å². The van der Waals surface area contributed by atoms with Gasteiger partial charge < -0.3 is 4.57 Å². The smallest absolute Gasteiger partial charge is 0.251 e. The predicted molar refractivity (Wildman–Crippen MR) is 99.6 cm³/mol. The molecule has 1 saturated heterocycles. The second kappa shape index (κ2) is 5.73. The Morgan fingerprint density at radius 1 is 1.12 bits per heavy atom. The molecule has 0 saturated carbocycles. The van der Waals surface area contributed by atoms with Crippen LogP contribution in [0, 0.1) is 5.41 Å². The van der Waals surface area contributed by atoms with E-state index in [-0.39, 0.29) is 5.56 Å². The first kappa shape index (κ1) is 15.9. The molecular weight excluding hydrogens is 296 g/mol. The van der Waals surface area contributed by atoms with Crippen molar-refractivity contribution in [1.82, 2.24) is 9.47 Å². The first-order chi connectivity index (χ1) is 11.4. The molecule has 0 aliphatic carbocycles. The highest BCUT2D eigenvalue weighted by Gasteiger charge is 2.35. The van der Waals surface area contributed by atoms with Gasteiger partial charge in [-0.2, -0.15) is 0 Å². The largest absolute Gasteiger partial charge is 0.307 e. The average molecular weight is 324 g/mol. The number of pyridine rings is 1. The number of benzene rings is 1. The lowest BCUT2D eigenvalue weighted by Gasteiger charge is -2.44. The minimum absolute atomic E-state index is 0.142. The number of nitrogens with zero attached hydrogens (tertiary/aromatic N) is 2. The molecule has 2 aliphatic heterocycles. The van der Waals surface area contributed by atoms with Crippen LogP contribution in [0.3, 0.4) is 0 Å². The summed E-state index contributed by atoms with van der Waals surface area (Å²) in [7, 11) is 0. The number of rotatable bonds is 2. The molecule has 24 heavy (non-hydrogen) atoms. The van der Waals surface area contributed by atoms with Gasteiger partial charge in [-0.3, -0.25) is 9.69 Å². The van der Waals surface area contributed by atoms with Crippen LogP contribution in [-0.2, 0) is 6.54 Å². The third-order valence-electron chi connectivity index (χ3n) is 5.95. The number of hydrogen-bond acceptors (Lipinski definition) is 2. The van der Waals surface area contributed by atoms with Crippen molar-refractivity contribution in [2.75, 3.05) is 13.1 Å². The van der Waals surface area contributed by atoms with Gasteiger partial charge in [0.15, 0.2) is 0 Å². The monoisotopic (exact) mass is 324 g/mol. The fourth-order valence-electron chi connectivity index (χ4n) is 4.85. The van der Waals surface area contributed by atoms with Crippen molar-refractivity contribution in [1.29, 1.82) is 0 Å². The van der Waals surface area contributed by atoms with Crippen LogP contribution in [0.5, 0.6) is 0 Å². The average Bonchev–Trinajstić information content (AvgIpc) is 2.91. The highest BCUT2D eigenvalue weighted by molar-refractivity contribution is 5.84. The normalized spacial score (nSPS) is 24.6. The summed E-state index contributed by atoms with van der Waals surface area (Å²) < 4.78 is 1.99. The van der Waals surface area contributed by atoms with Crippen molar-refractivity contribution in [3.05, 3.63) is 46.2 Å². The van der Waals surface area contributed by atoms with Crippen LogP contribution in [0.25, 0.3) is 10.9 Å². The van der Waals surface area contributed by atoms with E-state index >= 15 is 0 Å². The van der Waals surface area contributed by atoms with Gasteiger partial charge >= 0.3 is 0 Å². The summed E-state index contributed by atoms with van der Waals surface area (Å²) in [6.45, 7) is 10.2. The maximum Gasteiger partial charge on any atom is 0.251 e. The molecule has 3 heterocycles. The molecule has 3 heteroatoms. The summed E-state index contributed by atoms with van der Waals surface area (Å²) >= 11 is 0. The Morgan fingerprint density at radius 3 is 2.75 bits per heavy atom. The molecule has 0 N–H and O–H groups in total. The summed E-state index contributed by atoms with van der Waals surface area (Å²) in [5, 5.41) is 1.20. The molecule has 3 nitrogen and oxygen atoms in total. The van der Waals surface area contributed by atoms with E-state index in [0.29, 0.717) is 17.4 Å². The van der Waals surface area contributed by atoms with Gasteiger partial charge in [0.2, 0.25) is 0 Å². The maximum absolute atomic E-state index is 12.3. The topological polar surface area (TPSA) is 25.2 Å². The lowest BCUT2D eigenvalue weighted by Crippen LogP contribution is -2.48. The second-order valence-corrected chi connectivity index (χ2v) is 8.64. The zero-order valence-electron chi connectivity index (χ0n) is 15.1. The van der Waals surface area contributed by atoms with E-state index in [4.69, 9.17) is 0 Å². The van der Waals surface area contributed by atoms with E-state index in [9.17, 15) is 4.79 Å². The van der Waals surface area contributed by atoms with Crippen LogP contribution in [0.15, 0.2) is 35.1 Å². The third-order valence-corrected chi connectivity index (χ3v) is 5.95. The molecular formula is C21H28N2O. The Labute approximate surface area is 144 Å². The van der Waals surface area contributed by atoms with Gasteiger partial charge in [0, 0.05) is 31.1 Å². The summed E-state index contributed by atoms with van der Waals surface area (Å²) in [6.07, 6.45) is 3.95. The minimum atomic E-state index is 0.142. The van der Waals surface area contributed by atoms with Crippen LogP contribution < -0.4 is 5.56 Å². The summed E-state index contributed by atoms with van der Waals surface area (Å²) in [5.74, 6) is 0.437. The molecule has 4 rings (SSSR count). The number of likely N-dealkylation sites (tertiary alicyclic amines) is 1. The molecule has 0 spiro atoms. The highest BCUT2D eigenvalue weighted by Crippen LogP contribution is 2.37. The molecule has 1 aromatic heterocycles. The van der Waals surface area contributed by atoms with Crippen LogP contribution in [0.1, 0.15) is 51.5 Å². The van der Waals surface area contributed by atoms with Crippen LogP contribution in [0.4, 0.5) is 0 Å². The van der Waals surface area contributed by atoms with Crippen LogP contribution in [0.2, 0.25) is 0 Å². The van der Waals surface area contributed by atoms with E-state index in [1.165, 1.54) is 42.3 Å². The molecule has 1 aromatic carbocycles. The van der Waals surface area contributed by atoms with E-state index in [2.05, 4.69) is 43.9 Å². The van der Waals surface area contributed by atoms with Crippen LogP contribution in [-0.4, -0.2) is 28.6 Å². The molecule has 0 amide bonds. The van der Waals surface area contributed by atoms with Crippen molar-refractivity contribution < 1.29 is 0 Å². The molecule has 128 valence electrons. The highest BCUT2D eigenvalue weighted by atomic mass is 16.1. The Bertz CT molecular complexity index is 815. The maximum atomic E-state index is 12.3. The van der Waals surface area contributed by atoms with Crippen molar-refractivity contribution in [3.63, 3.8) is 0 Å². The van der Waals surface area contributed by atoms with Gasteiger partial charge in [-0.05, 0) is 41.8 Å². The van der Waals surface area contributed by atoms with E-state index in [0.717, 1.165) is 13.1 Å². The minimum Gasteiger partial charge on any atom is -0.307 e. The molecule has 2 aliphatic rings. The zero-order chi connectivity index (χ0) is 16.9. The molecule has 2 aromatic rings. The van der Waals surface area contributed by atoms with Gasteiger partial charge in [-0.25, -0.2) is 0 Å². The van der Waals surface area contributed by atoms with E-state index in [1.807, 2.05) is 10.6 Å². The van der Waals surface area contributed by atoms with E-state index < -0.39 is 0 Å². The third kappa shape index (κ3) is 2.59. The van der Waals surface area contributed by atoms with Gasteiger partial charge in [0.1, 0.15) is 0 Å². The molecule has 1 fully saturated rings. The van der Waals surface area contributed by atoms with Gasteiger partial charge in [-0.15, -0.1) is 0 Å². The summed E-state index contributed by atoms with van der Waals surface area (Å²) in [6, 6.07) is 10.8. The Morgan fingerprint density at radius 2 is 1.96 bits per heavy atom. The number of hydrogen-bond donors (Lipinski definition) is 0. The number of piperidine rings is 1. The number of aromatic nitrogens is 1. The fourth-order valence-corrected chi connectivity index (χ4v) is 4.85. The first-order valence-electron chi connectivity index (χ1n) is 9.32. The molecule has 0 bridgehead atoms. The molecule has 0 radical (unpaired) electrons. The number of para-hydroxylation sites is 1. The quantitative estimate of drug-likeness (QED) is 0.834. The standard InChI is InChI=1S/C21H28N2O/c1-21(2,3)18-9-4-5-12-22(18)13-16-14-23-19(24)11-10-15-7-6-8-17(16)20(15)23/h6-8,10-11,16,18H,4-5,9,12-14H2,1-3H3. The first-order valence-corrected chi connectivity index (χ1v) is 9.32. The fraction of sp³-hybridized carbons (Fsp3) is 0.571. The zero-order valence-corrected chi connectivity index (χ0v) is 15.1. The molecule has 2 unspecified atom stereocenters. The Kier molecular flexibility index (Phi) is 3.80. The second-order valence-electron chi connectivity index (χ2n) is 8.64. The summed E-state index contributed by atoms with van der Waals surface area (Å²) in [4.78, 5) is 15.0. The lowest BCUT2D eigenvalue weighted by molar-refractivity contribution is 0.0577. The van der Waals surface area contributed by atoms with Crippen LogP contribution >= 0.6 is 0 Å². The van der Waals surface area contributed by atoms with Gasteiger partial charge in [0.05, 0.1) is 5.52 Å².